The van der Waals surface area contributed by atoms with Crippen LogP contribution in [0.1, 0.15) is 27.7 Å². The van der Waals surface area contributed by atoms with Gasteiger partial charge in [-0.15, -0.1) is 0 Å². The molecule has 1 fully saturated rings. The minimum atomic E-state index is -0.187. The first-order chi connectivity index (χ1) is 6.39. The Morgan fingerprint density at radius 3 is 2.64 bits per heavy atom. The molecule has 0 aliphatic carbocycles. The molecule has 0 aromatic carbocycles. The lowest BCUT2D eigenvalue weighted by atomic mass is 9.90. The topological polar surface area (TPSA) is 20.3 Å². The molecule has 0 aromatic rings. The quantitative estimate of drug-likeness (QED) is 0.703. The lowest BCUT2D eigenvalue weighted by Gasteiger charge is -2.31. The van der Waals surface area contributed by atoms with Crippen molar-refractivity contribution in [2.24, 2.45) is 5.41 Å². The molecule has 0 saturated carbocycles. The summed E-state index contributed by atoms with van der Waals surface area (Å²) in [5.41, 5.74) is -0.187. The average Bonchev–Trinajstić information content (AvgIpc) is 2.02. The van der Waals surface area contributed by atoms with E-state index in [1.807, 2.05) is 32.5 Å². The summed E-state index contributed by atoms with van der Waals surface area (Å²) in [6, 6.07) is 0. The highest BCUT2D eigenvalue weighted by Crippen LogP contribution is 2.20. The highest BCUT2D eigenvalue weighted by molar-refractivity contribution is 7.99. The van der Waals surface area contributed by atoms with E-state index in [9.17, 15) is 4.79 Å². The lowest BCUT2D eigenvalue weighted by molar-refractivity contribution is -0.127. The third kappa shape index (κ3) is 3.62. The molecule has 1 aliphatic heterocycles. The Labute approximate surface area is 91.4 Å². The molecule has 82 valence electrons. The smallest absolute Gasteiger partial charge is 0.152 e. The maximum absolute atomic E-state index is 11.8. The fourth-order valence-electron chi connectivity index (χ4n) is 1.47. The number of thioether (sulfide) groups is 1. The van der Waals surface area contributed by atoms with Crippen molar-refractivity contribution in [1.82, 2.24) is 4.90 Å². The Balaban J connectivity index is 2.40. The van der Waals surface area contributed by atoms with E-state index in [0.29, 0.717) is 17.6 Å². The predicted octanol–water partition coefficient (Wildman–Crippen LogP) is 2.04. The van der Waals surface area contributed by atoms with Gasteiger partial charge in [-0.3, -0.25) is 9.69 Å². The van der Waals surface area contributed by atoms with Gasteiger partial charge in [0.2, 0.25) is 0 Å². The molecule has 0 amide bonds. The van der Waals surface area contributed by atoms with Crippen LogP contribution in [0, 0.1) is 5.41 Å². The van der Waals surface area contributed by atoms with Gasteiger partial charge in [-0.05, 0) is 0 Å². The Hall–Kier alpha value is -0.0200. The minimum Gasteiger partial charge on any atom is -0.298 e. The number of ketones is 1. The number of nitrogens with zero attached hydrogens (tertiary/aromatic N) is 1. The van der Waals surface area contributed by atoms with Crippen LogP contribution in [0.3, 0.4) is 0 Å². The average molecular weight is 215 g/mol. The van der Waals surface area contributed by atoms with Gasteiger partial charge in [-0.1, -0.05) is 27.7 Å². The number of rotatable bonds is 2. The highest BCUT2D eigenvalue weighted by Gasteiger charge is 2.25. The van der Waals surface area contributed by atoms with Crippen LogP contribution in [0.15, 0.2) is 0 Å². The molecule has 0 spiro atoms. The molecule has 0 N–H and O–H groups in total. The van der Waals surface area contributed by atoms with Gasteiger partial charge in [0.1, 0.15) is 0 Å². The fourth-order valence-corrected chi connectivity index (χ4v) is 2.56. The first kappa shape index (κ1) is 12.1. The zero-order valence-electron chi connectivity index (χ0n) is 9.67. The maximum atomic E-state index is 11.8. The molecule has 0 aromatic heterocycles. The normalized spacial score (nSPS) is 25.0. The van der Waals surface area contributed by atoms with Crippen molar-refractivity contribution in [3.8, 4) is 0 Å². The molecule has 1 aliphatic rings. The number of Topliss-reactive ketones (excluding diaryl/α,β-unsaturated/α-hetero) is 1. The molecule has 3 heteroatoms. The van der Waals surface area contributed by atoms with Crippen LogP contribution < -0.4 is 0 Å². The van der Waals surface area contributed by atoms with Gasteiger partial charge in [0, 0.05) is 29.5 Å². The van der Waals surface area contributed by atoms with E-state index in [1.165, 1.54) is 5.75 Å². The third-order valence-electron chi connectivity index (χ3n) is 2.53. The zero-order chi connectivity index (χ0) is 10.8. The summed E-state index contributed by atoms with van der Waals surface area (Å²) >= 11 is 2.00. The van der Waals surface area contributed by atoms with E-state index in [4.69, 9.17) is 0 Å². The molecule has 1 unspecified atom stereocenters. The zero-order valence-corrected chi connectivity index (χ0v) is 10.5. The molecule has 14 heavy (non-hydrogen) atoms. The fraction of sp³-hybridized carbons (Fsp3) is 0.909. The van der Waals surface area contributed by atoms with Gasteiger partial charge in [0.05, 0.1) is 6.54 Å². The SMILES string of the molecule is CC1CN(CC(=O)C(C)(C)C)CCS1. The minimum absolute atomic E-state index is 0.187. The van der Waals surface area contributed by atoms with Crippen molar-refractivity contribution in [3.63, 3.8) is 0 Å². The largest absolute Gasteiger partial charge is 0.298 e. The third-order valence-corrected chi connectivity index (χ3v) is 3.67. The lowest BCUT2D eigenvalue weighted by Crippen LogP contribution is -2.42. The van der Waals surface area contributed by atoms with E-state index in [0.717, 1.165) is 13.1 Å². The summed E-state index contributed by atoms with van der Waals surface area (Å²) in [6.45, 7) is 11.0. The summed E-state index contributed by atoms with van der Waals surface area (Å²) in [5.74, 6) is 1.52. The number of carbonyl (C=O) groups is 1. The van der Waals surface area contributed by atoms with Crippen LogP contribution >= 0.6 is 11.8 Å². The molecule has 1 rings (SSSR count). The maximum Gasteiger partial charge on any atom is 0.152 e. The van der Waals surface area contributed by atoms with Gasteiger partial charge >= 0.3 is 0 Å². The van der Waals surface area contributed by atoms with E-state index in [2.05, 4.69) is 11.8 Å². The predicted molar refractivity (Wildman–Crippen MR) is 62.8 cm³/mol. The van der Waals surface area contributed by atoms with Crippen LogP contribution in [0.2, 0.25) is 0 Å². The van der Waals surface area contributed by atoms with Crippen molar-refractivity contribution < 1.29 is 4.79 Å². The van der Waals surface area contributed by atoms with E-state index in [-0.39, 0.29) is 5.41 Å². The van der Waals surface area contributed by atoms with Crippen molar-refractivity contribution in [2.75, 3.05) is 25.4 Å². The highest BCUT2D eigenvalue weighted by atomic mass is 32.2. The van der Waals surface area contributed by atoms with Crippen LogP contribution in [0.25, 0.3) is 0 Å². The van der Waals surface area contributed by atoms with Crippen LogP contribution in [-0.4, -0.2) is 41.3 Å². The second kappa shape index (κ2) is 4.67. The van der Waals surface area contributed by atoms with Crippen molar-refractivity contribution >= 4 is 17.5 Å². The standard InChI is InChI=1S/C11H21NOS/c1-9-7-12(5-6-14-9)8-10(13)11(2,3)4/h9H,5-8H2,1-4H3. The molecular weight excluding hydrogens is 194 g/mol. The van der Waals surface area contributed by atoms with Gasteiger partial charge in [-0.25, -0.2) is 0 Å². The molecule has 1 saturated heterocycles. The van der Waals surface area contributed by atoms with E-state index in [1.54, 1.807) is 0 Å². The van der Waals surface area contributed by atoms with E-state index < -0.39 is 0 Å². The molecular formula is C11H21NOS. The van der Waals surface area contributed by atoms with Crippen molar-refractivity contribution in [1.29, 1.82) is 0 Å². The van der Waals surface area contributed by atoms with Crippen LogP contribution in [0.4, 0.5) is 0 Å². The second-order valence-electron chi connectivity index (χ2n) is 5.09. The first-order valence-corrected chi connectivity index (χ1v) is 6.32. The summed E-state index contributed by atoms with van der Waals surface area (Å²) in [7, 11) is 0. The molecule has 1 atom stereocenters. The van der Waals surface area contributed by atoms with Crippen molar-refractivity contribution in [2.45, 2.75) is 32.9 Å². The van der Waals surface area contributed by atoms with Gasteiger partial charge in [0.25, 0.3) is 0 Å². The second-order valence-corrected chi connectivity index (χ2v) is 6.64. The van der Waals surface area contributed by atoms with Gasteiger partial charge in [0.15, 0.2) is 5.78 Å². The molecule has 1 heterocycles. The Kier molecular flexibility index (Phi) is 4.02. The summed E-state index contributed by atoms with van der Waals surface area (Å²) in [5, 5.41) is 0.677. The van der Waals surface area contributed by atoms with E-state index >= 15 is 0 Å². The van der Waals surface area contributed by atoms with Crippen molar-refractivity contribution in [3.05, 3.63) is 0 Å². The molecule has 0 bridgehead atoms. The molecule has 2 nitrogen and oxygen atoms in total. The van der Waals surface area contributed by atoms with Crippen LogP contribution in [0.5, 0.6) is 0 Å². The summed E-state index contributed by atoms with van der Waals surface area (Å²) in [6.07, 6.45) is 0. The Bertz CT molecular complexity index is 210. The van der Waals surface area contributed by atoms with Gasteiger partial charge in [-0.2, -0.15) is 11.8 Å². The summed E-state index contributed by atoms with van der Waals surface area (Å²) in [4.78, 5) is 14.1. The Morgan fingerprint density at radius 2 is 2.14 bits per heavy atom. The number of hydrogen-bond acceptors (Lipinski definition) is 3. The number of carbonyl (C=O) groups excluding carboxylic acids is 1. The summed E-state index contributed by atoms with van der Waals surface area (Å²) < 4.78 is 0. The Morgan fingerprint density at radius 1 is 1.50 bits per heavy atom. The van der Waals surface area contributed by atoms with Crippen LogP contribution in [-0.2, 0) is 4.79 Å². The first-order valence-electron chi connectivity index (χ1n) is 5.27. The monoisotopic (exact) mass is 215 g/mol. The number of hydrogen-bond donors (Lipinski definition) is 0. The molecule has 0 radical (unpaired) electrons. The van der Waals surface area contributed by atoms with Gasteiger partial charge < -0.3 is 0 Å².